The molecule has 0 amide bonds. The minimum absolute atomic E-state index is 0.683. The monoisotopic (exact) mass is 170 g/mol. The molecular formula is C10H22N2. The maximum Gasteiger partial charge on any atom is 0.0195 e. The van der Waals surface area contributed by atoms with Crippen LogP contribution in [-0.2, 0) is 0 Å². The Balaban J connectivity index is 2.54. The molecule has 0 aromatic heterocycles. The third-order valence-corrected chi connectivity index (χ3v) is 2.68. The van der Waals surface area contributed by atoms with E-state index in [0.29, 0.717) is 12.1 Å². The molecule has 1 heterocycles. The molecule has 0 aliphatic carbocycles. The van der Waals surface area contributed by atoms with Gasteiger partial charge in [-0.25, -0.2) is 0 Å². The molecule has 1 saturated heterocycles. The van der Waals surface area contributed by atoms with Gasteiger partial charge in [-0.1, -0.05) is 6.92 Å². The third kappa shape index (κ3) is 2.46. The Morgan fingerprint density at radius 3 is 2.50 bits per heavy atom. The molecule has 1 N–H and O–H groups in total. The van der Waals surface area contributed by atoms with Crippen LogP contribution >= 0.6 is 0 Å². The van der Waals surface area contributed by atoms with Crippen LogP contribution in [0.1, 0.15) is 27.7 Å². The summed E-state index contributed by atoms with van der Waals surface area (Å²) in [4.78, 5) is 2.59. The topological polar surface area (TPSA) is 15.3 Å². The van der Waals surface area contributed by atoms with Gasteiger partial charge in [-0.05, 0) is 33.2 Å². The summed E-state index contributed by atoms with van der Waals surface area (Å²) in [5, 5.41) is 3.49. The minimum atomic E-state index is 0.683. The minimum Gasteiger partial charge on any atom is -0.315 e. The largest absolute Gasteiger partial charge is 0.315 e. The zero-order chi connectivity index (χ0) is 9.14. The van der Waals surface area contributed by atoms with Crippen LogP contribution in [0.3, 0.4) is 0 Å². The average Bonchev–Trinajstić information content (AvgIpc) is 2.13. The number of hydrogen-bond acceptors (Lipinski definition) is 2. The van der Waals surface area contributed by atoms with Crippen LogP contribution in [0.5, 0.6) is 0 Å². The van der Waals surface area contributed by atoms with Crippen molar-refractivity contribution in [2.24, 2.45) is 5.92 Å². The highest BCUT2D eigenvalue weighted by molar-refractivity contribution is 4.79. The van der Waals surface area contributed by atoms with Crippen LogP contribution in [0.2, 0.25) is 0 Å². The summed E-state index contributed by atoms with van der Waals surface area (Å²) in [6.45, 7) is 12.8. The zero-order valence-electron chi connectivity index (χ0n) is 8.80. The second-order valence-electron chi connectivity index (χ2n) is 4.40. The second-order valence-corrected chi connectivity index (χ2v) is 4.40. The van der Waals surface area contributed by atoms with E-state index in [4.69, 9.17) is 0 Å². The van der Waals surface area contributed by atoms with Gasteiger partial charge in [0.1, 0.15) is 0 Å². The summed E-state index contributed by atoms with van der Waals surface area (Å²) in [6.07, 6.45) is 0. The van der Waals surface area contributed by atoms with Gasteiger partial charge >= 0.3 is 0 Å². The van der Waals surface area contributed by atoms with Gasteiger partial charge in [-0.15, -0.1) is 0 Å². The summed E-state index contributed by atoms with van der Waals surface area (Å²) in [6, 6.07) is 1.37. The Bertz CT molecular complexity index is 134. The van der Waals surface area contributed by atoms with E-state index in [9.17, 15) is 0 Å². The molecule has 2 nitrogen and oxygen atoms in total. The van der Waals surface area contributed by atoms with Crippen molar-refractivity contribution >= 4 is 0 Å². The highest BCUT2D eigenvalue weighted by Crippen LogP contribution is 2.11. The highest BCUT2D eigenvalue weighted by Gasteiger charge is 2.21. The lowest BCUT2D eigenvalue weighted by Crippen LogP contribution is -2.42. The number of nitrogens with one attached hydrogen (secondary N) is 1. The first kappa shape index (κ1) is 10.0. The first-order chi connectivity index (χ1) is 5.61. The molecule has 2 atom stereocenters. The Hall–Kier alpha value is -0.0800. The summed E-state index contributed by atoms with van der Waals surface area (Å²) in [5.41, 5.74) is 0. The van der Waals surface area contributed by atoms with Gasteiger partial charge in [0.2, 0.25) is 0 Å². The van der Waals surface area contributed by atoms with Gasteiger partial charge in [0.15, 0.2) is 0 Å². The molecule has 72 valence electrons. The van der Waals surface area contributed by atoms with Crippen molar-refractivity contribution in [1.29, 1.82) is 0 Å². The fraction of sp³-hybridized carbons (Fsp3) is 1.00. The summed E-state index contributed by atoms with van der Waals surface area (Å²) < 4.78 is 0. The summed E-state index contributed by atoms with van der Waals surface area (Å²) in [5.74, 6) is 0.789. The molecule has 0 aromatic rings. The summed E-state index contributed by atoms with van der Waals surface area (Å²) >= 11 is 0. The van der Waals surface area contributed by atoms with Crippen molar-refractivity contribution in [3.8, 4) is 0 Å². The normalized spacial score (nSPS) is 33.8. The molecular weight excluding hydrogens is 148 g/mol. The van der Waals surface area contributed by atoms with Crippen molar-refractivity contribution in [3.05, 3.63) is 0 Å². The first-order valence-electron chi connectivity index (χ1n) is 5.07. The smallest absolute Gasteiger partial charge is 0.0195 e. The van der Waals surface area contributed by atoms with Crippen LogP contribution in [0.15, 0.2) is 0 Å². The van der Waals surface area contributed by atoms with Gasteiger partial charge in [0, 0.05) is 25.2 Å². The average molecular weight is 170 g/mol. The van der Waals surface area contributed by atoms with Crippen LogP contribution in [-0.4, -0.2) is 36.6 Å². The van der Waals surface area contributed by atoms with Crippen LogP contribution < -0.4 is 5.32 Å². The predicted molar refractivity (Wildman–Crippen MR) is 53.3 cm³/mol. The van der Waals surface area contributed by atoms with E-state index < -0.39 is 0 Å². The molecule has 1 fully saturated rings. The highest BCUT2D eigenvalue weighted by atomic mass is 15.2. The maximum absolute atomic E-state index is 3.49. The molecule has 0 aromatic carbocycles. The molecule has 0 saturated carbocycles. The van der Waals surface area contributed by atoms with Crippen LogP contribution in [0.25, 0.3) is 0 Å². The Labute approximate surface area is 76.3 Å². The fourth-order valence-corrected chi connectivity index (χ4v) is 1.98. The molecule has 2 unspecified atom stereocenters. The van der Waals surface area contributed by atoms with E-state index in [1.165, 1.54) is 13.1 Å². The van der Waals surface area contributed by atoms with E-state index in [1.807, 2.05) is 0 Å². The molecule has 1 rings (SSSR count). The van der Waals surface area contributed by atoms with Crippen molar-refractivity contribution in [2.45, 2.75) is 39.8 Å². The van der Waals surface area contributed by atoms with Crippen molar-refractivity contribution in [2.75, 3.05) is 19.6 Å². The Kier molecular flexibility index (Phi) is 3.53. The molecule has 0 spiro atoms. The van der Waals surface area contributed by atoms with Gasteiger partial charge in [0.25, 0.3) is 0 Å². The molecule has 0 bridgehead atoms. The molecule has 1 aliphatic heterocycles. The lowest BCUT2D eigenvalue weighted by molar-refractivity contribution is 0.160. The second kappa shape index (κ2) is 4.24. The van der Waals surface area contributed by atoms with Crippen molar-refractivity contribution in [3.63, 3.8) is 0 Å². The summed E-state index contributed by atoms with van der Waals surface area (Å²) in [7, 11) is 0. The Morgan fingerprint density at radius 1 is 1.25 bits per heavy atom. The fourth-order valence-electron chi connectivity index (χ4n) is 1.98. The molecule has 1 aliphatic rings. The van der Waals surface area contributed by atoms with Crippen LogP contribution in [0, 0.1) is 5.92 Å². The van der Waals surface area contributed by atoms with E-state index >= 15 is 0 Å². The van der Waals surface area contributed by atoms with Gasteiger partial charge in [-0.3, -0.25) is 4.90 Å². The maximum atomic E-state index is 3.49. The van der Waals surface area contributed by atoms with E-state index in [1.54, 1.807) is 0 Å². The van der Waals surface area contributed by atoms with Gasteiger partial charge < -0.3 is 5.32 Å². The van der Waals surface area contributed by atoms with E-state index in [2.05, 4.69) is 37.9 Å². The van der Waals surface area contributed by atoms with Crippen molar-refractivity contribution < 1.29 is 0 Å². The molecule has 2 heteroatoms. The number of nitrogens with zero attached hydrogens (tertiary/aromatic N) is 1. The zero-order valence-corrected chi connectivity index (χ0v) is 8.80. The van der Waals surface area contributed by atoms with Gasteiger partial charge in [-0.2, -0.15) is 0 Å². The Morgan fingerprint density at radius 2 is 1.92 bits per heavy atom. The lowest BCUT2D eigenvalue weighted by atomic mass is 10.1. The SMILES string of the molecule is CC1CNCC(C)N(C(C)C)C1. The molecule has 12 heavy (non-hydrogen) atoms. The molecule has 0 radical (unpaired) electrons. The van der Waals surface area contributed by atoms with Crippen molar-refractivity contribution in [1.82, 2.24) is 10.2 Å². The first-order valence-corrected chi connectivity index (χ1v) is 5.07. The van der Waals surface area contributed by atoms with Gasteiger partial charge in [0.05, 0.1) is 0 Å². The van der Waals surface area contributed by atoms with E-state index in [-0.39, 0.29) is 0 Å². The lowest BCUT2D eigenvalue weighted by Gasteiger charge is -2.31. The standard InChI is InChI=1S/C10H22N2/c1-8(2)12-7-9(3)5-11-6-10(12)4/h8-11H,5-7H2,1-4H3. The third-order valence-electron chi connectivity index (χ3n) is 2.68. The van der Waals surface area contributed by atoms with Crippen LogP contribution in [0.4, 0.5) is 0 Å². The quantitative estimate of drug-likeness (QED) is 0.638. The van der Waals surface area contributed by atoms with E-state index in [0.717, 1.165) is 12.5 Å². The number of rotatable bonds is 1. The predicted octanol–water partition coefficient (Wildman–Crippen LogP) is 1.32. The number of hydrogen-bond donors (Lipinski definition) is 1.